The zero-order valence-corrected chi connectivity index (χ0v) is 26.0. The summed E-state index contributed by atoms with van der Waals surface area (Å²) in [6, 6.07) is 7.31. The van der Waals surface area contributed by atoms with Gasteiger partial charge in [-0.25, -0.2) is 4.79 Å². The second-order valence-electron chi connectivity index (χ2n) is 12.3. The van der Waals surface area contributed by atoms with Crippen LogP contribution in [-0.2, 0) is 27.1 Å². The third-order valence-electron chi connectivity index (χ3n) is 9.43. The number of hydrogen-bond donors (Lipinski definition) is 2. The molecular weight excluding hydrogens is 500 g/mol. The van der Waals surface area contributed by atoms with Gasteiger partial charge in [0.2, 0.25) is 0 Å². The Balaban J connectivity index is 1.87. The van der Waals surface area contributed by atoms with Crippen molar-refractivity contribution in [3.05, 3.63) is 47.0 Å². The smallest absolute Gasteiger partial charge is 0.333 e. The Labute approximate surface area is 244 Å². The number of aliphatic hydroxyl groups is 2. The maximum absolute atomic E-state index is 12.6. The van der Waals surface area contributed by atoms with Crippen molar-refractivity contribution in [2.24, 2.45) is 17.3 Å². The number of hydrogen-bond acceptors (Lipinski definition) is 5. The molecule has 0 aliphatic heterocycles. The van der Waals surface area contributed by atoms with Gasteiger partial charge >= 0.3 is 5.97 Å². The molecule has 1 fully saturated rings. The van der Waals surface area contributed by atoms with E-state index in [1.54, 1.807) is 18.2 Å². The molecule has 1 aromatic carbocycles. The van der Waals surface area contributed by atoms with Crippen molar-refractivity contribution in [1.82, 2.24) is 0 Å². The summed E-state index contributed by atoms with van der Waals surface area (Å²) in [5.41, 5.74) is 4.83. The van der Waals surface area contributed by atoms with E-state index in [0.29, 0.717) is 43.5 Å². The summed E-state index contributed by atoms with van der Waals surface area (Å²) in [6.45, 7) is 11.3. The largest absolute Gasteiger partial charge is 0.462 e. The standard InChI is InChI=1S/C35H58O5/c1-6-9-10-11-31-18-19-33(22-30(31)7-2)32-16-14-28(15-17-32)20-21-35(8-3,25-39-5)26-40-34(38)27(4)12-13-29(23-36)24-37/h18-19,22,28-29,32,36-37H,4,6-17,20-21,23-26H2,1-3,5H3. The van der Waals surface area contributed by atoms with Gasteiger partial charge < -0.3 is 19.7 Å². The summed E-state index contributed by atoms with van der Waals surface area (Å²) in [5, 5.41) is 18.5. The van der Waals surface area contributed by atoms with E-state index < -0.39 is 0 Å². The third kappa shape index (κ3) is 10.9. The molecule has 0 radical (unpaired) electrons. The summed E-state index contributed by atoms with van der Waals surface area (Å²) in [4.78, 5) is 12.6. The lowest BCUT2D eigenvalue weighted by molar-refractivity contribution is -0.144. The number of esters is 1. The zero-order valence-electron chi connectivity index (χ0n) is 26.0. The quantitative estimate of drug-likeness (QED) is 0.0981. The molecular formula is C35H58O5. The minimum Gasteiger partial charge on any atom is -0.462 e. The Morgan fingerprint density at radius 2 is 1.77 bits per heavy atom. The zero-order chi connectivity index (χ0) is 29.4. The van der Waals surface area contributed by atoms with Crippen molar-refractivity contribution in [2.45, 2.75) is 117 Å². The predicted molar refractivity (Wildman–Crippen MR) is 165 cm³/mol. The Morgan fingerprint density at radius 3 is 2.38 bits per heavy atom. The molecule has 0 aromatic heterocycles. The first-order valence-corrected chi connectivity index (χ1v) is 16.0. The van der Waals surface area contributed by atoms with Crippen molar-refractivity contribution in [1.29, 1.82) is 0 Å². The average Bonchev–Trinajstić information content (AvgIpc) is 2.99. The van der Waals surface area contributed by atoms with Crippen LogP contribution in [0.4, 0.5) is 0 Å². The molecule has 0 spiro atoms. The van der Waals surface area contributed by atoms with Crippen LogP contribution in [0.15, 0.2) is 30.4 Å². The van der Waals surface area contributed by atoms with Crippen LogP contribution in [0.2, 0.25) is 0 Å². The topological polar surface area (TPSA) is 76.0 Å². The normalized spacial score (nSPS) is 19.0. The first-order valence-electron chi connectivity index (χ1n) is 16.0. The first-order chi connectivity index (χ1) is 19.3. The van der Waals surface area contributed by atoms with E-state index in [0.717, 1.165) is 25.7 Å². The summed E-state index contributed by atoms with van der Waals surface area (Å²) in [5.74, 6) is 0.764. The second-order valence-corrected chi connectivity index (χ2v) is 12.3. The van der Waals surface area contributed by atoms with Gasteiger partial charge in [0.15, 0.2) is 0 Å². The molecule has 5 heteroatoms. The van der Waals surface area contributed by atoms with Crippen LogP contribution in [0.5, 0.6) is 0 Å². The van der Waals surface area contributed by atoms with Gasteiger partial charge in [0.05, 0.1) is 13.2 Å². The molecule has 1 atom stereocenters. The van der Waals surface area contributed by atoms with Crippen molar-refractivity contribution >= 4 is 5.97 Å². The Bertz CT molecular complexity index is 869. The molecule has 0 bridgehead atoms. The van der Waals surface area contributed by atoms with Crippen LogP contribution in [0.25, 0.3) is 0 Å². The number of unbranched alkanes of at least 4 members (excludes halogenated alkanes) is 2. The Kier molecular flexibility index (Phi) is 16.1. The molecule has 40 heavy (non-hydrogen) atoms. The molecule has 2 N–H and O–H groups in total. The van der Waals surface area contributed by atoms with E-state index >= 15 is 0 Å². The number of ether oxygens (including phenoxy) is 2. The molecule has 1 saturated carbocycles. The Morgan fingerprint density at radius 1 is 1.05 bits per heavy atom. The first kappa shape index (κ1) is 34.5. The fraction of sp³-hybridized carbons (Fsp3) is 0.743. The molecule has 5 nitrogen and oxygen atoms in total. The highest BCUT2D eigenvalue weighted by molar-refractivity contribution is 5.87. The van der Waals surface area contributed by atoms with Crippen molar-refractivity contribution in [3.8, 4) is 0 Å². The van der Waals surface area contributed by atoms with E-state index in [2.05, 4.69) is 45.5 Å². The maximum atomic E-state index is 12.6. The minimum absolute atomic E-state index is 0.0985. The molecule has 0 heterocycles. The van der Waals surface area contributed by atoms with Crippen LogP contribution in [0, 0.1) is 17.3 Å². The van der Waals surface area contributed by atoms with Gasteiger partial charge in [-0.2, -0.15) is 0 Å². The fourth-order valence-electron chi connectivity index (χ4n) is 6.25. The van der Waals surface area contributed by atoms with E-state index in [1.165, 1.54) is 56.9 Å². The highest BCUT2D eigenvalue weighted by atomic mass is 16.5. The fourth-order valence-corrected chi connectivity index (χ4v) is 6.25. The minimum atomic E-state index is -0.383. The number of benzene rings is 1. The second kappa shape index (κ2) is 18.7. The number of carbonyl (C=O) groups is 1. The van der Waals surface area contributed by atoms with E-state index in [1.807, 2.05) is 0 Å². The number of rotatable bonds is 20. The lowest BCUT2D eigenvalue weighted by atomic mass is 9.73. The number of aliphatic hydroxyl groups excluding tert-OH is 2. The van der Waals surface area contributed by atoms with Crippen LogP contribution >= 0.6 is 0 Å². The van der Waals surface area contributed by atoms with Crippen molar-refractivity contribution < 1.29 is 24.5 Å². The molecule has 1 aliphatic carbocycles. The van der Waals surface area contributed by atoms with Gasteiger partial charge in [-0.3, -0.25) is 0 Å². The van der Waals surface area contributed by atoms with Gasteiger partial charge in [-0.1, -0.05) is 58.4 Å². The van der Waals surface area contributed by atoms with Crippen LogP contribution in [0.1, 0.15) is 120 Å². The maximum Gasteiger partial charge on any atom is 0.333 e. The molecule has 0 amide bonds. The van der Waals surface area contributed by atoms with E-state index in [4.69, 9.17) is 9.47 Å². The number of aryl methyl sites for hydroxylation is 2. The lowest BCUT2D eigenvalue weighted by Crippen LogP contribution is -2.33. The molecule has 2 rings (SSSR count). The van der Waals surface area contributed by atoms with Gasteiger partial charge in [0.25, 0.3) is 0 Å². The van der Waals surface area contributed by atoms with Crippen molar-refractivity contribution in [2.75, 3.05) is 33.5 Å². The Hall–Kier alpha value is -1.69. The molecule has 1 unspecified atom stereocenters. The van der Waals surface area contributed by atoms with E-state index in [-0.39, 0.29) is 30.5 Å². The molecule has 228 valence electrons. The average molecular weight is 559 g/mol. The summed E-state index contributed by atoms with van der Waals surface area (Å²) < 4.78 is 11.4. The summed E-state index contributed by atoms with van der Waals surface area (Å²) in [7, 11) is 1.72. The highest BCUT2D eigenvalue weighted by Gasteiger charge is 2.32. The van der Waals surface area contributed by atoms with Crippen LogP contribution in [-0.4, -0.2) is 49.7 Å². The molecule has 1 aliphatic rings. The molecule has 0 saturated heterocycles. The summed E-state index contributed by atoms with van der Waals surface area (Å²) in [6.07, 6.45) is 15.2. The highest BCUT2D eigenvalue weighted by Crippen LogP contribution is 2.40. The number of methoxy groups -OCH3 is 1. The molecule has 1 aromatic rings. The van der Waals surface area contributed by atoms with Crippen molar-refractivity contribution in [3.63, 3.8) is 0 Å². The van der Waals surface area contributed by atoms with Gasteiger partial charge in [-0.05, 0) is 106 Å². The SMILES string of the molecule is C=C(CCC(CO)CO)C(=O)OCC(CC)(CCC1CCC(c2ccc(CCCCC)c(CC)c2)CC1)COC. The predicted octanol–water partition coefficient (Wildman–Crippen LogP) is 7.56. The lowest BCUT2D eigenvalue weighted by Gasteiger charge is -2.35. The van der Waals surface area contributed by atoms with Crippen LogP contribution in [0.3, 0.4) is 0 Å². The van der Waals surface area contributed by atoms with Gasteiger partial charge in [0, 0.05) is 37.2 Å². The summed E-state index contributed by atoms with van der Waals surface area (Å²) >= 11 is 0. The van der Waals surface area contributed by atoms with Gasteiger partial charge in [0.1, 0.15) is 0 Å². The number of carbonyl (C=O) groups excluding carboxylic acids is 1. The third-order valence-corrected chi connectivity index (χ3v) is 9.43. The van der Waals surface area contributed by atoms with Gasteiger partial charge in [-0.15, -0.1) is 0 Å². The monoisotopic (exact) mass is 558 g/mol. The van der Waals surface area contributed by atoms with E-state index in [9.17, 15) is 15.0 Å². The van der Waals surface area contributed by atoms with Crippen LogP contribution < -0.4 is 0 Å².